The number of piperazine rings is 1. The molecule has 1 aliphatic carbocycles. The second kappa shape index (κ2) is 6.79. The second-order valence-electron chi connectivity index (χ2n) is 7.67. The molecule has 0 aromatic rings. The molecule has 0 radical (unpaired) electrons. The third kappa shape index (κ3) is 4.20. The van der Waals surface area contributed by atoms with Crippen molar-refractivity contribution in [2.24, 2.45) is 17.3 Å². The Morgan fingerprint density at radius 1 is 1.10 bits per heavy atom. The maximum absolute atomic E-state index is 12.6. The molecule has 21 heavy (non-hydrogen) atoms. The molecule has 0 aromatic heterocycles. The molecule has 0 aromatic carbocycles. The molecule has 0 spiro atoms. The van der Waals surface area contributed by atoms with Crippen molar-refractivity contribution in [3.8, 4) is 6.07 Å². The van der Waals surface area contributed by atoms with Crippen LogP contribution in [0.4, 0.5) is 0 Å². The van der Waals surface area contributed by atoms with Crippen molar-refractivity contribution in [1.29, 1.82) is 5.26 Å². The zero-order valence-corrected chi connectivity index (χ0v) is 13.8. The molecule has 0 atom stereocenters. The predicted octanol–water partition coefficient (Wildman–Crippen LogP) is 2.51. The van der Waals surface area contributed by atoms with E-state index in [1.165, 1.54) is 12.8 Å². The lowest BCUT2D eigenvalue weighted by atomic mass is 9.69. The molecule has 0 bridgehead atoms. The summed E-state index contributed by atoms with van der Waals surface area (Å²) < 4.78 is 0. The first-order chi connectivity index (χ1) is 9.91. The average Bonchev–Trinajstić information content (AvgIpc) is 2.47. The summed E-state index contributed by atoms with van der Waals surface area (Å²) in [5.41, 5.74) is 0.372. The standard InChI is InChI=1S/C17H29N3O/c1-17(2,3)15-6-4-14(5-7-15)16(21)20-12-10-19(9-8-18)11-13-20/h14-15H,4-7,9-13H2,1-3H3. The highest BCUT2D eigenvalue weighted by molar-refractivity contribution is 5.79. The number of hydrogen-bond acceptors (Lipinski definition) is 3. The van der Waals surface area contributed by atoms with Gasteiger partial charge in [-0.2, -0.15) is 5.26 Å². The number of nitriles is 1. The van der Waals surface area contributed by atoms with E-state index < -0.39 is 0 Å². The molecule has 1 heterocycles. The van der Waals surface area contributed by atoms with Gasteiger partial charge in [0.15, 0.2) is 0 Å². The summed E-state index contributed by atoms with van der Waals surface area (Å²) in [6, 6.07) is 2.19. The number of rotatable bonds is 2. The van der Waals surface area contributed by atoms with Crippen LogP contribution < -0.4 is 0 Å². The number of hydrogen-bond donors (Lipinski definition) is 0. The monoisotopic (exact) mass is 291 g/mol. The molecule has 118 valence electrons. The van der Waals surface area contributed by atoms with Gasteiger partial charge < -0.3 is 4.90 Å². The SMILES string of the molecule is CC(C)(C)C1CCC(C(=O)N2CCN(CC#N)CC2)CC1. The van der Waals surface area contributed by atoms with E-state index in [4.69, 9.17) is 5.26 Å². The van der Waals surface area contributed by atoms with Gasteiger partial charge >= 0.3 is 0 Å². The molecule has 4 heteroatoms. The van der Waals surface area contributed by atoms with Crippen LogP contribution >= 0.6 is 0 Å². The third-order valence-corrected chi connectivity index (χ3v) is 5.28. The Balaban J connectivity index is 1.79. The van der Waals surface area contributed by atoms with Gasteiger partial charge in [-0.25, -0.2) is 0 Å². The smallest absolute Gasteiger partial charge is 0.225 e. The van der Waals surface area contributed by atoms with Crippen LogP contribution in [0.3, 0.4) is 0 Å². The van der Waals surface area contributed by atoms with Gasteiger partial charge in [0.1, 0.15) is 0 Å². The van der Waals surface area contributed by atoms with Crippen molar-refractivity contribution in [2.45, 2.75) is 46.5 Å². The fourth-order valence-electron chi connectivity index (χ4n) is 3.69. The van der Waals surface area contributed by atoms with Gasteiger partial charge in [0, 0.05) is 32.1 Å². The lowest BCUT2D eigenvalue weighted by molar-refractivity contribution is -0.138. The summed E-state index contributed by atoms with van der Waals surface area (Å²) in [5.74, 6) is 1.36. The summed E-state index contributed by atoms with van der Waals surface area (Å²) in [6.07, 6.45) is 4.49. The van der Waals surface area contributed by atoms with Crippen molar-refractivity contribution >= 4 is 5.91 Å². The van der Waals surface area contributed by atoms with Gasteiger partial charge in [-0.05, 0) is 37.0 Å². The number of carbonyl (C=O) groups excluding carboxylic acids is 1. The van der Waals surface area contributed by atoms with Crippen LogP contribution in [-0.4, -0.2) is 48.4 Å². The molecule has 2 aliphatic rings. The fraction of sp³-hybridized carbons (Fsp3) is 0.882. The highest BCUT2D eigenvalue weighted by Gasteiger charge is 2.34. The molecule has 2 rings (SSSR count). The van der Waals surface area contributed by atoms with Crippen molar-refractivity contribution in [2.75, 3.05) is 32.7 Å². The van der Waals surface area contributed by atoms with Gasteiger partial charge in [-0.3, -0.25) is 9.69 Å². The lowest BCUT2D eigenvalue weighted by Crippen LogP contribution is -2.50. The quantitative estimate of drug-likeness (QED) is 0.734. The fourth-order valence-corrected chi connectivity index (χ4v) is 3.69. The van der Waals surface area contributed by atoms with Crippen molar-refractivity contribution in [1.82, 2.24) is 9.80 Å². The molecule has 4 nitrogen and oxygen atoms in total. The highest BCUT2D eigenvalue weighted by atomic mass is 16.2. The Bertz CT molecular complexity index is 391. The molecule has 0 unspecified atom stereocenters. The van der Waals surface area contributed by atoms with Crippen molar-refractivity contribution in [3.63, 3.8) is 0 Å². The Labute approximate surface area is 129 Å². The Hall–Kier alpha value is -1.08. The average molecular weight is 291 g/mol. The van der Waals surface area contributed by atoms with Gasteiger partial charge in [-0.15, -0.1) is 0 Å². The summed E-state index contributed by atoms with van der Waals surface area (Å²) >= 11 is 0. The zero-order valence-electron chi connectivity index (χ0n) is 13.8. The number of amides is 1. The summed E-state index contributed by atoms with van der Waals surface area (Å²) in [7, 11) is 0. The molecule has 0 N–H and O–H groups in total. The summed E-state index contributed by atoms with van der Waals surface area (Å²) in [4.78, 5) is 16.8. The van der Waals surface area contributed by atoms with Crippen LogP contribution in [-0.2, 0) is 4.79 Å². The van der Waals surface area contributed by atoms with Gasteiger partial charge in [-0.1, -0.05) is 20.8 Å². The van der Waals surface area contributed by atoms with Gasteiger partial charge in [0.2, 0.25) is 5.91 Å². The Kier molecular flexibility index (Phi) is 5.27. The minimum atomic E-state index is 0.242. The molecule has 1 saturated carbocycles. The largest absolute Gasteiger partial charge is 0.340 e. The zero-order chi connectivity index (χ0) is 15.5. The normalized spacial score (nSPS) is 28.2. The van der Waals surface area contributed by atoms with E-state index in [1.54, 1.807) is 0 Å². The maximum atomic E-state index is 12.6. The van der Waals surface area contributed by atoms with Crippen LogP contribution in [0.5, 0.6) is 0 Å². The van der Waals surface area contributed by atoms with E-state index in [9.17, 15) is 4.79 Å². The van der Waals surface area contributed by atoms with Crippen LogP contribution in [0.2, 0.25) is 0 Å². The molecular formula is C17H29N3O. The Morgan fingerprint density at radius 3 is 2.14 bits per heavy atom. The van der Waals surface area contributed by atoms with Crippen molar-refractivity contribution < 1.29 is 4.79 Å². The summed E-state index contributed by atoms with van der Waals surface area (Å²) in [5, 5.41) is 8.72. The van der Waals surface area contributed by atoms with Crippen LogP contribution in [0.25, 0.3) is 0 Å². The maximum Gasteiger partial charge on any atom is 0.225 e. The summed E-state index contributed by atoms with van der Waals surface area (Å²) in [6.45, 7) is 10.7. The third-order valence-electron chi connectivity index (χ3n) is 5.28. The van der Waals surface area contributed by atoms with E-state index in [0.29, 0.717) is 17.9 Å². The first kappa shape index (κ1) is 16.3. The van der Waals surface area contributed by atoms with Gasteiger partial charge in [0.05, 0.1) is 12.6 Å². The molecule has 2 fully saturated rings. The minimum absolute atomic E-state index is 0.242. The van der Waals surface area contributed by atoms with Crippen LogP contribution in [0.15, 0.2) is 0 Å². The highest BCUT2D eigenvalue weighted by Crippen LogP contribution is 2.40. The molecular weight excluding hydrogens is 262 g/mol. The Morgan fingerprint density at radius 2 is 1.67 bits per heavy atom. The topological polar surface area (TPSA) is 47.3 Å². The lowest BCUT2D eigenvalue weighted by Gasteiger charge is -2.39. The van der Waals surface area contributed by atoms with E-state index in [-0.39, 0.29) is 5.92 Å². The first-order valence-corrected chi connectivity index (χ1v) is 8.30. The van der Waals surface area contributed by atoms with E-state index in [2.05, 4.69) is 31.7 Å². The predicted molar refractivity (Wildman–Crippen MR) is 83.5 cm³/mol. The first-order valence-electron chi connectivity index (χ1n) is 8.30. The molecule has 1 saturated heterocycles. The van der Waals surface area contributed by atoms with Gasteiger partial charge in [0.25, 0.3) is 0 Å². The van der Waals surface area contributed by atoms with Crippen LogP contribution in [0.1, 0.15) is 46.5 Å². The van der Waals surface area contributed by atoms with E-state index in [0.717, 1.165) is 44.9 Å². The van der Waals surface area contributed by atoms with Crippen molar-refractivity contribution in [3.05, 3.63) is 0 Å². The molecule has 1 aliphatic heterocycles. The van der Waals surface area contributed by atoms with E-state index >= 15 is 0 Å². The number of nitrogens with zero attached hydrogens (tertiary/aromatic N) is 3. The molecule has 1 amide bonds. The minimum Gasteiger partial charge on any atom is -0.340 e. The second-order valence-corrected chi connectivity index (χ2v) is 7.67. The number of carbonyl (C=O) groups is 1. The van der Waals surface area contributed by atoms with Crippen LogP contribution in [0, 0.1) is 28.6 Å². The van der Waals surface area contributed by atoms with E-state index in [1.807, 2.05) is 4.90 Å².